The smallest absolute Gasteiger partial charge is 0.240 e. The third kappa shape index (κ3) is 3.08. The molecule has 2 atom stereocenters. The van der Waals surface area contributed by atoms with E-state index in [9.17, 15) is 14.4 Å². The molecule has 1 heterocycles. The summed E-state index contributed by atoms with van der Waals surface area (Å²) in [5.74, 6) is -1.03. The first-order chi connectivity index (χ1) is 10.7. The number of carbonyl (C=O) groups excluding carboxylic acids is 3. The van der Waals surface area contributed by atoms with Crippen molar-refractivity contribution in [2.45, 2.75) is 57.4 Å². The first-order valence-corrected chi connectivity index (χ1v) is 8.46. The second-order valence-corrected chi connectivity index (χ2v) is 6.67. The molecule has 5 heteroatoms. The van der Waals surface area contributed by atoms with Gasteiger partial charge in [-0.25, -0.2) is 0 Å². The van der Waals surface area contributed by atoms with E-state index in [0.29, 0.717) is 12.8 Å². The van der Waals surface area contributed by atoms with Crippen LogP contribution in [0.1, 0.15) is 51.4 Å². The topological polar surface area (TPSA) is 66.5 Å². The van der Waals surface area contributed by atoms with Crippen molar-refractivity contribution < 1.29 is 14.4 Å². The third-order valence-electron chi connectivity index (χ3n) is 5.12. The first-order valence-electron chi connectivity index (χ1n) is 8.46. The van der Waals surface area contributed by atoms with E-state index in [1.54, 1.807) is 0 Å². The van der Waals surface area contributed by atoms with Crippen LogP contribution in [-0.2, 0) is 14.4 Å². The lowest BCUT2D eigenvalue weighted by atomic mass is 9.85. The van der Waals surface area contributed by atoms with Gasteiger partial charge in [-0.2, -0.15) is 0 Å². The highest BCUT2D eigenvalue weighted by atomic mass is 16.2. The largest absolute Gasteiger partial charge is 0.352 e. The van der Waals surface area contributed by atoms with E-state index in [-0.39, 0.29) is 42.1 Å². The van der Waals surface area contributed by atoms with Gasteiger partial charge in [-0.1, -0.05) is 37.8 Å². The number of allylic oxidation sites excluding steroid dienone is 2. The van der Waals surface area contributed by atoms with Crippen LogP contribution in [0.2, 0.25) is 0 Å². The molecule has 1 saturated carbocycles. The van der Waals surface area contributed by atoms with Crippen LogP contribution in [0, 0.1) is 11.8 Å². The van der Waals surface area contributed by atoms with Gasteiger partial charge in [-0.3, -0.25) is 19.3 Å². The summed E-state index contributed by atoms with van der Waals surface area (Å²) in [5.41, 5.74) is 0. The highest BCUT2D eigenvalue weighted by Crippen LogP contribution is 2.34. The molecule has 0 bridgehead atoms. The van der Waals surface area contributed by atoms with Gasteiger partial charge in [-0.15, -0.1) is 0 Å². The molecule has 0 radical (unpaired) electrons. The lowest BCUT2D eigenvalue weighted by molar-refractivity contribution is -0.143. The Hall–Kier alpha value is -1.65. The zero-order valence-electron chi connectivity index (χ0n) is 12.9. The zero-order chi connectivity index (χ0) is 15.5. The normalized spacial score (nSPS) is 29.4. The molecule has 0 spiro atoms. The molecule has 0 aromatic rings. The Morgan fingerprint density at radius 2 is 1.55 bits per heavy atom. The molecule has 1 N–H and O–H groups in total. The van der Waals surface area contributed by atoms with Gasteiger partial charge in [-0.05, 0) is 25.7 Å². The van der Waals surface area contributed by atoms with Crippen molar-refractivity contribution in [3.63, 3.8) is 0 Å². The number of nitrogens with one attached hydrogen (secondary N) is 1. The Bertz CT molecular complexity index is 466. The number of nitrogens with zero attached hydrogens (tertiary/aromatic N) is 1. The van der Waals surface area contributed by atoms with Gasteiger partial charge < -0.3 is 5.32 Å². The number of likely N-dealkylation sites (tertiary alicyclic amines) is 1. The average molecular weight is 304 g/mol. The molecule has 0 aromatic carbocycles. The summed E-state index contributed by atoms with van der Waals surface area (Å²) < 4.78 is 0. The van der Waals surface area contributed by atoms with Crippen LogP contribution in [0.5, 0.6) is 0 Å². The maximum Gasteiger partial charge on any atom is 0.240 e. The SMILES string of the molecule is O=C(CN1C(=O)[C@H]2CC=CC[C@@H]2C1=O)NC1CCCCCC1. The molecule has 120 valence electrons. The van der Waals surface area contributed by atoms with Gasteiger partial charge in [0.15, 0.2) is 0 Å². The Morgan fingerprint density at radius 1 is 1.00 bits per heavy atom. The number of amides is 3. The molecule has 1 aliphatic heterocycles. The van der Waals surface area contributed by atoms with E-state index in [1.807, 2.05) is 12.2 Å². The molecule has 3 aliphatic rings. The molecular weight excluding hydrogens is 280 g/mol. The van der Waals surface area contributed by atoms with Crippen LogP contribution in [-0.4, -0.2) is 35.2 Å². The molecule has 3 rings (SSSR count). The number of hydrogen-bond donors (Lipinski definition) is 1. The standard InChI is InChI=1S/C17H24N2O3/c20-15(18-12-7-3-1-2-4-8-12)11-19-16(21)13-9-5-6-10-14(13)17(19)22/h5-6,12-14H,1-4,7-11H2,(H,18,20)/t13-,14-/m0/s1. The minimum atomic E-state index is -0.247. The van der Waals surface area contributed by atoms with Crippen molar-refractivity contribution in [1.29, 1.82) is 0 Å². The maximum absolute atomic E-state index is 12.3. The van der Waals surface area contributed by atoms with Gasteiger partial charge in [0, 0.05) is 6.04 Å². The van der Waals surface area contributed by atoms with E-state index in [4.69, 9.17) is 0 Å². The van der Waals surface area contributed by atoms with E-state index in [2.05, 4.69) is 5.32 Å². The molecule has 22 heavy (non-hydrogen) atoms. The van der Waals surface area contributed by atoms with E-state index in [0.717, 1.165) is 25.7 Å². The quantitative estimate of drug-likeness (QED) is 0.491. The van der Waals surface area contributed by atoms with Crippen LogP contribution >= 0.6 is 0 Å². The first kappa shape index (κ1) is 15.3. The van der Waals surface area contributed by atoms with Crippen LogP contribution in [0.4, 0.5) is 0 Å². The fraction of sp³-hybridized carbons (Fsp3) is 0.706. The maximum atomic E-state index is 12.3. The molecule has 0 unspecified atom stereocenters. The van der Waals surface area contributed by atoms with Crippen LogP contribution in [0.25, 0.3) is 0 Å². The van der Waals surface area contributed by atoms with E-state index < -0.39 is 0 Å². The summed E-state index contributed by atoms with van der Waals surface area (Å²) in [7, 11) is 0. The van der Waals surface area contributed by atoms with Gasteiger partial charge in [0.1, 0.15) is 6.54 Å². The predicted octanol–water partition coefficient (Wildman–Crippen LogP) is 1.78. The van der Waals surface area contributed by atoms with Crippen LogP contribution in [0.15, 0.2) is 12.2 Å². The van der Waals surface area contributed by atoms with Gasteiger partial charge in [0.05, 0.1) is 11.8 Å². The number of imide groups is 1. The van der Waals surface area contributed by atoms with Crippen molar-refractivity contribution in [3.05, 3.63) is 12.2 Å². The second-order valence-electron chi connectivity index (χ2n) is 6.67. The molecular formula is C17H24N2O3. The minimum Gasteiger partial charge on any atom is -0.352 e. The molecule has 3 amide bonds. The highest BCUT2D eigenvalue weighted by Gasteiger charge is 2.47. The molecule has 0 aromatic heterocycles. The monoisotopic (exact) mass is 304 g/mol. The third-order valence-corrected chi connectivity index (χ3v) is 5.12. The Labute approximate surface area is 131 Å². The Morgan fingerprint density at radius 3 is 2.09 bits per heavy atom. The summed E-state index contributed by atoms with van der Waals surface area (Å²) in [6, 6.07) is 0.201. The average Bonchev–Trinajstić information content (AvgIpc) is 2.72. The molecule has 5 nitrogen and oxygen atoms in total. The second kappa shape index (κ2) is 6.63. The summed E-state index contributed by atoms with van der Waals surface area (Å²) in [5, 5.41) is 3.01. The van der Waals surface area contributed by atoms with Crippen molar-refractivity contribution in [2.24, 2.45) is 11.8 Å². The lowest BCUT2D eigenvalue weighted by Gasteiger charge is -2.19. The van der Waals surface area contributed by atoms with E-state index in [1.165, 1.54) is 17.7 Å². The van der Waals surface area contributed by atoms with Crippen LogP contribution in [0.3, 0.4) is 0 Å². The van der Waals surface area contributed by atoms with Crippen LogP contribution < -0.4 is 5.32 Å². The molecule has 2 aliphatic carbocycles. The Balaban J connectivity index is 1.57. The molecule has 2 fully saturated rings. The highest BCUT2D eigenvalue weighted by molar-refractivity contribution is 6.07. The van der Waals surface area contributed by atoms with Crippen molar-refractivity contribution >= 4 is 17.7 Å². The number of carbonyl (C=O) groups is 3. The summed E-state index contributed by atoms with van der Waals surface area (Å²) in [6.45, 7) is -0.110. The van der Waals surface area contributed by atoms with Crippen molar-refractivity contribution in [1.82, 2.24) is 10.2 Å². The van der Waals surface area contributed by atoms with E-state index >= 15 is 0 Å². The fourth-order valence-corrected chi connectivity index (χ4v) is 3.87. The zero-order valence-corrected chi connectivity index (χ0v) is 12.9. The Kier molecular flexibility index (Phi) is 4.60. The van der Waals surface area contributed by atoms with Crippen molar-refractivity contribution in [2.75, 3.05) is 6.54 Å². The number of hydrogen-bond acceptors (Lipinski definition) is 3. The summed E-state index contributed by atoms with van der Waals surface area (Å²) >= 11 is 0. The fourth-order valence-electron chi connectivity index (χ4n) is 3.87. The predicted molar refractivity (Wildman–Crippen MR) is 81.7 cm³/mol. The molecule has 1 saturated heterocycles. The van der Waals surface area contributed by atoms with Gasteiger partial charge in [0.25, 0.3) is 0 Å². The van der Waals surface area contributed by atoms with Crippen molar-refractivity contribution in [3.8, 4) is 0 Å². The number of rotatable bonds is 3. The minimum absolute atomic E-state index is 0.110. The van der Waals surface area contributed by atoms with Gasteiger partial charge >= 0.3 is 0 Å². The lowest BCUT2D eigenvalue weighted by Crippen LogP contribution is -2.44. The summed E-state index contributed by atoms with van der Waals surface area (Å²) in [4.78, 5) is 38.0. The summed E-state index contributed by atoms with van der Waals surface area (Å²) in [6.07, 6.45) is 11.9. The van der Waals surface area contributed by atoms with Gasteiger partial charge in [0.2, 0.25) is 17.7 Å². The number of fused-ring (bicyclic) bond motifs is 1.